The molecule has 1 aliphatic rings. The maximum Gasteiger partial charge on any atom is 0.262 e. The highest BCUT2D eigenvalue weighted by atomic mass is 35.7. The molecule has 0 radical (unpaired) electrons. The third kappa shape index (κ3) is 3.41. The van der Waals surface area contributed by atoms with Gasteiger partial charge in [-0.25, -0.2) is 8.42 Å². The third-order valence-corrected chi connectivity index (χ3v) is 4.92. The monoisotopic (exact) mass is 321 g/mol. The maximum atomic E-state index is 12.1. The van der Waals surface area contributed by atoms with E-state index in [1.165, 1.54) is 24.6 Å². The van der Waals surface area contributed by atoms with E-state index in [0.29, 0.717) is 12.5 Å². The second-order valence-electron chi connectivity index (χ2n) is 4.56. The number of benzene rings is 1. The quantitative estimate of drug-likeness (QED) is 0.867. The minimum absolute atomic E-state index is 0.0767. The fourth-order valence-corrected chi connectivity index (χ4v) is 3.34. The summed E-state index contributed by atoms with van der Waals surface area (Å²) in [5, 5.41) is 2.78. The number of hydrogen-bond donors (Lipinski definition) is 1. The highest BCUT2D eigenvalue weighted by molar-refractivity contribution is 8.13. The van der Waals surface area contributed by atoms with E-state index in [2.05, 4.69) is 5.32 Å². The molecule has 1 amide bonds. The molecule has 0 unspecified atom stereocenters. The van der Waals surface area contributed by atoms with Gasteiger partial charge in [-0.2, -0.15) is 0 Å². The van der Waals surface area contributed by atoms with Crippen LogP contribution in [0.1, 0.15) is 29.6 Å². The van der Waals surface area contributed by atoms with Crippen LogP contribution in [-0.4, -0.2) is 20.9 Å². The lowest BCUT2D eigenvalue weighted by Gasteiger charge is -2.25. The van der Waals surface area contributed by atoms with E-state index in [-0.39, 0.29) is 15.5 Å². The van der Waals surface area contributed by atoms with E-state index < -0.39 is 15.0 Å². The van der Waals surface area contributed by atoms with Crippen molar-refractivity contribution in [1.29, 1.82) is 0 Å². The molecule has 0 saturated heterocycles. The Balaban J connectivity index is 2.24. The van der Waals surface area contributed by atoms with Gasteiger partial charge in [0, 0.05) is 17.2 Å². The zero-order chi connectivity index (χ0) is 14.0. The number of carbonyl (C=O) groups is 1. The van der Waals surface area contributed by atoms with Crippen LogP contribution in [0.2, 0.25) is 5.02 Å². The van der Waals surface area contributed by atoms with Crippen LogP contribution in [0.25, 0.3) is 0 Å². The van der Waals surface area contributed by atoms with E-state index in [1.54, 1.807) is 0 Å². The highest BCUT2D eigenvalue weighted by Gasteiger charge is 2.24. The molecule has 4 nitrogen and oxygen atoms in total. The Morgan fingerprint density at radius 2 is 2.05 bits per heavy atom. The molecule has 0 spiro atoms. The van der Waals surface area contributed by atoms with Gasteiger partial charge in [0.05, 0.1) is 15.5 Å². The molecular formula is C12H13Cl2NO3S. The molecule has 1 aromatic rings. The van der Waals surface area contributed by atoms with Crippen molar-refractivity contribution in [3.8, 4) is 0 Å². The van der Waals surface area contributed by atoms with E-state index >= 15 is 0 Å². The number of halogens is 2. The summed E-state index contributed by atoms with van der Waals surface area (Å²) >= 11 is 5.91. The van der Waals surface area contributed by atoms with Gasteiger partial charge in [-0.15, -0.1) is 0 Å². The number of amides is 1. The van der Waals surface area contributed by atoms with Crippen molar-refractivity contribution < 1.29 is 13.2 Å². The first-order valence-electron chi connectivity index (χ1n) is 5.91. The first kappa shape index (κ1) is 14.6. The van der Waals surface area contributed by atoms with E-state index in [1.807, 2.05) is 0 Å². The van der Waals surface area contributed by atoms with Gasteiger partial charge < -0.3 is 5.32 Å². The minimum atomic E-state index is -4.00. The predicted octanol–water partition coefficient (Wildman–Crippen LogP) is 2.80. The van der Waals surface area contributed by atoms with Gasteiger partial charge in [0.15, 0.2) is 0 Å². The Labute approximate surface area is 121 Å². The zero-order valence-electron chi connectivity index (χ0n) is 10.0. The highest BCUT2D eigenvalue weighted by Crippen LogP contribution is 2.28. The summed E-state index contributed by atoms with van der Waals surface area (Å²) in [5.41, 5.74) is -0.0847. The number of nitrogens with one attached hydrogen (secondary N) is 1. The van der Waals surface area contributed by atoms with Crippen molar-refractivity contribution in [3.63, 3.8) is 0 Å². The third-order valence-electron chi connectivity index (χ3n) is 3.24. The summed E-state index contributed by atoms with van der Waals surface area (Å²) in [7, 11) is 1.31. The minimum Gasteiger partial charge on any atom is -0.352 e. The fraction of sp³-hybridized carbons (Fsp3) is 0.417. The summed E-state index contributed by atoms with van der Waals surface area (Å²) in [4.78, 5) is 11.8. The molecule has 0 aliphatic heterocycles. The molecule has 2 rings (SSSR count). The smallest absolute Gasteiger partial charge is 0.262 e. The molecule has 0 heterocycles. The topological polar surface area (TPSA) is 63.2 Å². The summed E-state index contributed by atoms with van der Waals surface area (Å²) in [5.74, 6) is -0.0285. The number of rotatable bonds is 4. The van der Waals surface area contributed by atoms with Crippen LogP contribution in [0.4, 0.5) is 0 Å². The predicted molar refractivity (Wildman–Crippen MR) is 74.2 cm³/mol. The van der Waals surface area contributed by atoms with Gasteiger partial charge in [0.25, 0.3) is 15.0 Å². The molecule has 1 saturated carbocycles. The van der Waals surface area contributed by atoms with Crippen molar-refractivity contribution in [2.75, 3.05) is 6.54 Å². The Morgan fingerprint density at radius 3 is 2.58 bits per heavy atom. The van der Waals surface area contributed by atoms with Crippen LogP contribution < -0.4 is 5.32 Å². The summed E-state index contributed by atoms with van der Waals surface area (Å²) in [6, 6.07) is 4.18. The molecule has 0 atom stereocenters. The molecule has 0 bridgehead atoms. The second kappa shape index (κ2) is 5.69. The van der Waals surface area contributed by atoms with Crippen LogP contribution in [-0.2, 0) is 9.05 Å². The molecule has 1 aliphatic carbocycles. The SMILES string of the molecule is O=C(NCC1CCC1)c1c(Cl)cccc1S(=O)(=O)Cl. The standard InChI is InChI=1S/C12H13Cl2NO3S/c13-9-5-2-6-10(19(14,17)18)11(9)12(16)15-7-8-3-1-4-8/h2,5-6,8H,1,3-4,7H2,(H,15,16). The lowest BCUT2D eigenvalue weighted by atomic mass is 9.85. The van der Waals surface area contributed by atoms with E-state index in [4.69, 9.17) is 22.3 Å². The van der Waals surface area contributed by atoms with Gasteiger partial charge in [-0.05, 0) is 30.9 Å². The molecule has 19 heavy (non-hydrogen) atoms. The molecule has 1 aromatic carbocycles. The van der Waals surface area contributed by atoms with Crippen molar-refractivity contribution in [2.45, 2.75) is 24.2 Å². The van der Waals surface area contributed by atoms with Crippen molar-refractivity contribution in [2.24, 2.45) is 5.92 Å². The van der Waals surface area contributed by atoms with Gasteiger partial charge >= 0.3 is 0 Å². The van der Waals surface area contributed by atoms with Crippen LogP contribution in [0.15, 0.2) is 23.1 Å². The van der Waals surface area contributed by atoms with Crippen LogP contribution in [0, 0.1) is 5.92 Å². The first-order chi connectivity index (χ1) is 8.89. The lowest BCUT2D eigenvalue weighted by molar-refractivity contribution is 0.0936. The Kier molecular flexibility index (Phi) is 4.38. The molecular weight excluding hydrogens is 309 g/mol. The van der Waals surface area contributed by atoms with E-state index in [9.17, 15) is 13.2 Å². The normalized spacial score (nSPS) is 15.9. The van der Waals surface area contributed by atoms with Crippen LogP contribution >= 0.6 is 22.3 Å². The average molecular weight is 322 g/mol. The van der Waals surface area contributed by atoms with Gasteiger partial charge in [-0.1, -0.05) is 24.1 Å². The Bertz CT molecular complexity index is 597. The maximum absolute atomic E-state index is 12.1. The zero-order valence-corrected chi connectivity index (χ0v) is 12.4. The summed E-state index contributed by atoms with van der Waals surface area (Å²) in [6.07, 6.45) is 3.35. The fourth-order valence-electron chi connectivity index (χ4n) is 1.95. The van der Waals surface area contributed by atoms with Gasteiger partial charge in [-0.3, -0.25) is 4.79 Å². The summed E-state index contributed by atoms with van der Waals surface area (Å²) < 4.78 is 22.9. The van der Waals surface area contributed by atoms with Gasteiger partial charge in [0.2, 0.25) is 0 Å². The first-order valence-corrected chi connectivity index (χ1v) is 8.59. The second-order valence-corrected chi connectivity index (χ2v) is 7.50. The lowest BCUT2D eigenvalue weighted by Crippen LogP contribution is -2.33. The van der Waals surface area contributed by atoms with Crippen LogP contribution in [0.3, 0.4) is 0 Å². The average Bonchev–Trinajstić information content (AvgIpc) is 2.25. The van der Waals surface area contributed by atoms with Gasteiger partial charge in [0.1, 0.15) is 0 Å². The Hall–Kier alpha value is -0.780. The van der Waals surface area contributed by atoms with Crippen LogP contribution in [0.5, 0.6) is 0 Å². The molecule has 104 valence electrons. The molecule has 0 aromatic heterocycles. The van der Waals surface area contributed by atoms with E-state index in [0.717, 1.165) is 12.8 Å². The van der Waals surface area contributed by atoms with Crippen molar-refractivity contribution in [1.82, 2.24) is 5.32 Å². The Morgan fingerprint density at radius 1 is 1.37 bits per heavy atom. The number of carbonyl (C=O) groups excluding carboxylic acids is 1. The summed E-state index contributed by atoms with van der Waals surface area (Å²) in [6.45, 7) is 0.534. The van der Waals surface area contributed by atoms with Crippen molar-refractivity contribution >= 4 is 37.2 Å². The number of hydrogen-bond acceptors (Lipinski definition) is 3. The van der Waals surface area contributed by atoms with Crippen molar-refractivity contribution in [3.05, 3.63) is 28.8 Å². The molecule has 1 fully saturated rings. The molecule has 7 heteroatoms. The largest absolute Gasteiger partial charge is 0.352 e. The molecule has 1 N–H and O–H groups in total.